The normalized spacial score (nSPS) is 10.0. The number of aromatic carboxylic acids is 1. The molecule has 0 fully saturated rings. The molecular formula is C13H9N3O6. The van der Waals surface area contributed by atoms with E-state index < -0.39 is 22.5 Å². The molecule has 0 aliphatic rings. The number of carbonyl (C=O) groups excluding carboxylic acids is 1. The van der Waals surface area contributed by atoms with Gasteiger partial charge in [-0.1, -0.05) is 0 Å². The number of nitrogens with one attached hydrogen (secondary N) is 1. The Bertz CT molecular complexity index is 757. The van der Waals surface area contributed by atoms with Crippen molar-refractivity contribution in [3.05, 3.63) is 69.2 Å². The van der Waals surface area contributed by atoms with Crippen molar-refractivity contribution in [1.82, 2.24) is 0 Å². The third-order valence-electron chi connectivity index (χ3n) is 2.75. The molecule has 0 bridgehead atoms. The number of non-ortho nitro benzene ring substituents is 1. The summed E-state index contributed by atoms with van der Waals surface area (Å²) in [6.07, 6.45) is 0.991. The molecule has 112 valence electrons. The number of carbonyl (C=O) groups is 2. The van der Waals surface area contributed by atoms with E-state index in [4.69, 9.17) is 5.11 Å². The number of pyridine rings is 1. The van der Waals surface area contributed by atoms with Crippen LogP contribution in [0.25, 0.3) is 0 Å². The van der Waals surface area contributed by atoms with Gasteiger partial charge in [0.25, 0.3) is 11.6 Å². The number of amides is 1. The van der Waals surface area contributed by atoms with E-state index in [1.807, 2.05) is 0 Å². The van der Waals surface area contributed by atoms with Crippen LogP contribution in [0.5, 0.6) is 0 Å². The lowest BCUT2D eigenvalue weighted by Gasteiger charge is -2.08. The lowest BCUT2D eigenvalue weighted by molar-refractivity contribution is -0.607. The molecule has 0 radical (unpaired) electrons. The van der Waals surface area contributed by atoms with Crippen molar-refractivity contribution < 1.29 is 24.3 Å². The van der Waals surface area contributed by atoms with Gasteiger partial charge < -0.3 is 15.6 Å². The largest absolute Gasteiger partial charge is 0.618 e. The first kappa shape index (κ1) is 14.9. The summed E-state index contributed by atoms with van der Waals surface area (Å²) in [6.45, 7) is 0. The van der Waals surface area contributed by atoms with Crippen molar-refractivity contribution in [3.8, 4) is 0 Å². The number of anilines is 1. The number of rotatable bonds is 4. The van der Waals surface area contributed by atoms with Gasteiger partial charge in [0.05, 0.1) is 4.92 Å². The quantitative estimate of drug-likeness (QED) is 0.376. The molecule has 0 saturated carbocycles. The number of benzene rings is 1. The molecule has 1 heterocycles. The first-order chi connectivity index (χ1) is 10.4. The van der Waals surface area contributed by atoms with Crippen LogP contribution in [-0.4, -0.2) is 21.9 Å². The van der Waals surface area contributed by atoms with E-state index in [-0.39, 0.29) is 21.7 Å². The van der Waals surface area contributed by atoms with E-state index in [0.29, 0.717) is 0 Å². The highest BCUT2D eigenvalue weighted by atomic mass is 16.6. The number of hydrogen-bond donors (Lipinski definition) is 2. The molecule has 2 rings (SSSR count). The molecule has 22 heavy (non-hydrogen) atoms. The minimum atomic E-state index is -1.49. The Morgan fingerprint density at radius 1 is 1.18 bits per heavy atom. The SMILES string of the molecule is O=C(Nc1ccc[n+]([O-])c1C(=O)O)c1ccc([N+](=O)[O-])cc1. The molecule has 2 aromatic rings. The number of aromatic nitrogens is 1. The number of carboxylic acids is 1. The summed E-state index contributed by atoms with van der Waals surface area (Å²) in [5.74, 6) is -2.18. The summed E-state index contributed by atoms with van der Waals surface area (Å²) < 4.78 is 0.119. The third-order valence-corrected chi connectivity index (χ3v) is 2.75. The second-order valence-corrected chi connectivity index (χ2v) is 4.16. The van der Waals surface area contributed by atoms with Crippen LogP contribution in [-0.2, 0) is 0 Å². The number of nitro benzene ring substituents is 1. The van der Waals surface area contributed by atoms with Gasteiger partial charge in [0.15, 0.2) is 6.20 Å². The fourth-order valence-corrected chi connectivity index (χ4v) is 1.73. The van der Waals surface area contributed by atoms with Crippen LogP contribution >= 0.6 is 0 Å². The minimum absolute atomic E-state index is 0.0863. The van der Waals surface area contributed by atoms with Crippen LogP contribution in [0.15, 0.2) is 42.6 Å². The Labute approximate surface area is 123 Å². The first-order valence-electron chi connectivity index (χ1n) is 5.91. The zero-order valence-electron chi connectivity index (χ0n) is 10.9. The predicted octanol–water partition coefficient (Wildman–Crippen LogP) is 1.18. The first-order valence-corrected chi connectivity index (χ1v) is 5.91. The molecule has 2 N–H and O–H groups in total. The fraction of sp³-hybridized carbons (Fsp3) is 0. The van der Waals surface area contributed by atoms with Crippen molar-refractivity contribution in [1.29, 1.82) is 0 Å². The monoisotopic (exact) mass is 303 g/mol. The maximum Gasteiger partial charge on any atom is 0.404 e. The Morgan fingerprint density at radius 2 is 1.82 bits per heavy atom. The highest BCUT2D eigenvalue weighted by Crippen LogP contribution is 2.15. The lowest BCUT2D eigenvalue weighted by atomic mass is 10.2. The van der Waals surface area contributed by atoms with Crippen molar-refractivity contribution in [2.45, 2.75) is 0 Å². The van der Waals surface area contributed by atoms with Crippen LogP contribution in [0.3, 0.4) is 0 Å². The van der Waals surface area contributed by atoms with Crippen LogP contribution in [0.1, 0.15) is 20.8 Å². The summed E-state index contributed by atoms with van der Waals surface area (Å²) in [4.78, 5) is 33.0. The van der Waals surface area contributed by atoms with Crippen LogP contribution in [0.4, 0.5) is 11.4 Å². The maximum absolute atomic E-state index is 12.0. The molecule has 0 spiro atoms. The third kappa shape index (κ3) is 2.98. The van der Waals surface area contributed by atoms with Crippen LogP contribution < -0.4 is 10.0 Å². The van der Waals surface area contributed by atoms with Gasteiger partial charge in [0.1, 0.15) is 5.69 Å². The van der Waals surface area contributed by atoms with E-state index in [1.54, 1.807) is 0 Å². The molecule has 0 atom stereocenters. The van der Waals surface area contributed by atoms with Crippen molar-refractivity contribution in [2.24, 2.45) is 0 Å². The van der Waals surface area contributed by atoms with E-state index in [2.05, 4.69) is 5.32 Å². The highest BCUT2D eigenvalue weighted by Gasteiger charge is 2.22. The molecular weight excluding hydrogens is 294 g/mol. The topological polar surface area (TPSA) is 136 Å². The molecule has 0 aliphatic carbocycles. The van der Waals surface area contributed by atoms with Crippen LogP contribution in [0.2, 0.25) is 0 Å². The molecule has 0 unspecified atom stereocenters. The van der Waals surface area contributed by atoms with Gasteiger partial charge in [-0.25, -0.2) is 4.79 Å². The Morgan fingerprint density at radius 3 is 2.36 bits per heavy atom. The lowest BCUT2D eigenvalue weighted by Crippen LogP contribution is -2.35. The zero-order valence-corrected chi connectivity index (χ0v) is 10.9. The molecule has 9 nitrogen and oxygen atoms in total. The second-order valence-electron chi connectivity index (χ2n) is 4.16. The second kappa shape index (κ2) is 5.87. The number of nitro groups is 1. The maximum atomic E-state index is 12.0. The molecule has 9 heteroatoms. The number of nitrogens with zero attached hydrogens (tertiary/aromatic N) is 2. The molecule has 0 saturated heterocycles. The highest BCUT2D eigenvalue weighted by molar-refractivity contribution is 6.06. The smallest absolute Gasteiger partial charge is 0.404 e. The van der Waals surface area contributed by atoms with E-state index in [0.717, 1.165) is 18.3 Å². The summed E-state index contributed by atoms with van der Waals surface area (Å²) in [5.41, 5.74) is -0.894. The van der Waals surface area contributed by atoms with Gasteiger partial charge in [-0.2, -0.15) is 4.73 Å². The van der Waals surface area contributed by atoms with Gasteiger partial charge in [-0.3, -0.25) is 14.9 Å². The van der Waals surface area contributed by atoms with Gasteiger partial charge in [-0.05, 0) is 18.2 Å². The van der Waals surface area contributed by atoms with Crippen molar-refractivity contribution in [2.75, 3.05) is 5.32 Å². The summed E-state index contributed by atoms with van der Waals surface area (Å²) in [5, 5.41) is 33.2. The van der Waals surface area contributed by atoms with E-state index in [1.165, 1.54) is 24.3 Å². The average Bonchev–Trinajstić information content (AvgIpc) is 2.47. The van der Waals surface area contributed by atoms with Crippen molar-refractivity contribution >= 4 is 23.3 Å². The summed E-state index contributed by atoms with van der Waals surface area (Å²) in [6, 6.07) is 7.29. The predicted molar refractivity (Wildman–Crippen MR) is 73.4 cm³/mol. The Balaban J connectivity index is 2.28. The number of carboxylic acid groups (broad SMARTS) is 1. The van der Waals surface area contributed by atoms with Gasteiger partial charge in [-0.15, -0.1) is 0 Å². The fourth-order valence-electron chi connectivity index (χ4n) is 1.73. The van der Waals surface area contributed by atoms with Gasteiger partial charge in [0, 0.05) is 23.8 Å². The molecule has 1 amide bonds. The summed E-state index contributed by atoms with van der Waals surface area (Å²) >= 11 is 0. The van der Waals surface area contributed by atoms with E-state index >= 15 is 0 Å². The number of hydrogen-bond acceptors (Lipinski definition) is 5. The molecule has 0 aliphatic heterocycles. The van der Waals surface area contributed by atoms with Crippen LogP contribution in [0, 0.1) is 15.3 Å². The zero-order chi connectivity index (χ0) is 16.3. The standard InChI is InChI=1S/C13H9N3O6/c17-12(8-3-5-9(6-4-8)16(21)22)14-10-2-1-7-15(20)11(10)13(18)19/h1-7H,(H,14,17)(H,18,19). The Hall–Kier alpha value is -3.49. The van der Waals surface area contributed by atoms with Gasteiger partial charge in [0.2, 0.25) is 0 Å². The minimum Gasteiger partial charge on any atom is -0.618 e. The molecule has 1 aromatic heterocycles. The van der Waals surface area contributed by atoms with Gasteiger partial charge >= 0.3 is 11.7 Å². The molecule has 1 aromatic carbocycles. The van der Waals surface area contributed by atoms with E-state index in [9.17, 15) is 24.9 Å². The summed E-state index contributed by atoms with van der Waals surface area (Å²) in [7, 11) is 0. The Kier molecular flexibility index (Phi) is 3.98. The van der Waals surface area contributed by atoms with Crippen molar-refractivity contribution in [3.63, 3.8) is 0 Å². The average molecular weight is 303 g/mol.